The molecule has 0 aliphatic heterocycles. The van der Waals surface area contributed by atoms with Crippen LogP contribution in [-0.2, 0) is 19.1 Å². The Bertz CT molecular complexity index is 1240. The van der Waals surface area contributed by atoms with Crippen molar-refractivity contribution >= 4 is 41.1 Å². The van der Waals surface area contributed by atoms with Gasteiger partial charge in [0.1, 0.15) is 17.7 Å². The first kappa shape index (κ1) is 32.6. The predicted octanol–water partition coefficient (Wildman–Crippen LogP) is 5.34. The summed E-state index contributed by atoms with van der Waals surface area (Å²) in [6.07, 6.45) is -1.38. The van der Waals surface area contributed by atoms with Crippen LogP contribution in [0.2, 0.25) is 5.02 Å². The van der Waals surface area contributed by atoms with E-state index in [1.165, 1.54) is 4.90 Å². The zero-order valence-electron chi connectivity index (χ0n) is 24.8. The molecule has 0 spiro atoms. The number of hydrogen-bond acceptors (Lipinski definition) is 5. The Balaban J connectivity index is 2.69. The van der Waals surface area contributed by atoms with Crippen molar-refractivity contribution in [2.45, 2.75) is 92.0 Å². The van der Waals surface area contributed by atoms with Crippen molar-refractivity contribution in [1.29, 1.82) is 0 Å². The second-order valence-corrected chi connectivity index (χ2v) is 12.4. The Morgan fingerprint density at radius 2 is 1.55 bits per heavy atom. The quantitative estimate of drug-likeness (QED) is 0.393. The summed E-state index contributed by atoms with van der Waals surface area (Å²) in [6.45, 7) is 15.9. The fourth-order valence-corrected chi connectivity index (χ4v) is 4.70. The molecule has 2 atom stereocenters. The van der Waals surface area contributed by atoms with Gasteiger partial charge in [0.15, 0.2) is 0 Å². The second kappa shape index (κ2) is 12.7. The number of carbonyl (C=O) groups is 4. The van der Waals surface area contributed by atoms with E-state index in [1.54, 1.807) is 53.7 Å². The van der Waals surface area contributed by atoms with Crippen molar-refractivity contribution in [3.05, 3.63) is 63.7 Å². The van der Waals surface area contributed by atoms with Crippen LogP contribution in [-0.4, -0.2) is 45.9 Å². The molecular weight excluding hydrogens is 532 g/mol. The number of benzene rings is 2. The van der Waals surface area contributed by atoms with E-state index in [9.17, 15) is 19.2 Å². The van der Waals surface area contributed by atoms with E-state index < -0.39 is 53.5 Å². The molecule has 40 heavy (non-hydrogen) atoms. The van der Waals surface area contributed by atoms with Crippen LogP contribution in [0.15, 0.2) is 36.4 Å². The monoisotopic (exact) mass is 572 g/mol. The number of primary amides is 1. The number of rotatable bonds is 8. The maximum atomic E-state index is 14.2. The van der Waals surface area contributed by atoms with Gasteiger partial charge in [-0.05, 0) is 79.5 Å². The van der Waals surface area contributed by atoms with Gasteiger partial charge in [0, 0.05) is 5.54 Å². The molecule has 2 aromatic carbocycles. The van der Waals surface area contributed by atoms with Crippen molar-refractivity contribution < 1.29 is 23.9 Å². The van der Waals surface area contributed by atoms with Crippen molar-refractivity contribution in [2.24, 2.45) is 5.73 Å². The third-order valence-electron chi connectivity index (χ3n) is 5.89. The van der Waals surface area contributed by atoms with Crippen LogP contribution < -0.4 is 16.4 Å². The number of nitrogens with zero attached hydrogens (tertiary/aromatic N) is 1. The minimum Gasteiger partial charge on any atom is -0.444 e. The molecule has 2 rings (SSSR count). The normalized spacial score (nSPS) is 13.2. The molecule has 0 saturated heterocycles. The molecule has 9 nitrogen and oxygen atoms in total. The van der Waals surface area contributed by atoms with Gasteiger partial charge in [-0.3, -0.25) is 14.4 Å². The van der Waals surface area contributed by atoms with E-state index in [0.717, 1.165) is 16.7 Å². The number of para-hydroxylation sites is 1. The van der Waals surface area contributed by atoms with Crippen LogP contribution in [0.25, 0.3) is 0 Å². The molecule has 0 aromatic heterocycles. The van der Waals surface area contributed by atoms with Gasteiger partial charge in [-0.1, -0.05) is 53.1 Å². The summed E-state index contributed by atoms with van der Waals surface area (Å²) in [6, 6.07) is 8.33. The topological polar surface area (TPSA) is 131 Å². The SMILES string of the molecule is Cc1cc(C)cc(C(C(=O)Nc2c(C)cccc2Cl)N(C(=O)C(CC(N)=O)NC(=O)OC(C)(C)C)C(C)(C)C)c1. The maximum absolute atomic E-state index is 14.2. The molecule has 2 unspecified atom stereocenters. The van der Waals surface area contributed by atoms with Gasteiger partial charge in [0.25, 0.3) is 5.91 Å². The molecule has 218 valence electrons. The predicted molar refractivity (Wildman–Crippen MR) is 157 cm³/mol. The molecule has 10 heteroatoms. The molecular formula is C30H41ClN4O5. The Morgan fingerprint density at radius 1 is 0.975 bits per heavy atom. The summed E-state index contributed by atoms with van der Waals surface area (Å²) in [5, 5.41) is 5.74. The van der Waals surface area contributed by atoms with Gasteiger partial charge in [-0.25, -0.2) is 4.79 Å². The lowest BCUT2D eigenvalue weighted by atomic mass is 9.93. The van der Waals surface area contributed by atoms with Crippen molar-refractivity contribution in [3.63, 3.8) is 0 Å². The van der Waals surface area contributed by atoms with Crippen LogP contribution >= 0.6 is 11.6 Å². The highest BCUT2D eigenvalue weighted by molar-refractivity contribution is 6.34. The molecule has 2 aromatic rings. The van der Waals surface area contributed by atoms with Crippen LogP contribution in [0.4, 0.5) is 10.5 Å². The highest BCUT2D eigenvalue weighted by atomic mass is 35.5. The Hall–Kier alpha value is -3.59. The van der Waals surface area contributed by atoms with Gasteiger partial charge >= 0.3 is 6.09 Å². The van der Waals surface area contributed by atoms with E-state index in [1.807, 2.05) is 45.0 Å². The maximum Gasteiger partial charge on any atom is 0.408 e. The molecule has 0 radical (unpaired) electrons. The van der Waals surface area contributed by atoms with E-state index >= 15 is 0 Å². The van der Waals surface area contributed by atoms with Gasteiger partial charge in [0.05, 0.1) is 17.1 Å². The summed E-state index contributed by atoms with van der Waals surface area (Å²) < 4.78 is 5.33. The average molecular weight is 573 g/mol. The van der Waals surface area contributed by atoms with Crippen LogP contribution in [0, 0.1) is 20.8 Å². The highest BCUT2D eigenvalue weighted by Crippen LogP contribution is 2.34. The Labute approximate surface area is 241 Å². The lowest BCUT2D eigenvalue weighted by Gasteiger charge is -2.43. The number of alkyl carbamates (subject to hydrolysis) is 1. The minimum absolute atomic E-state index is 0.347. The zero-order valence-corrected chi connectivity index (χ0v) is 25.5. The number of anilines is 1. The number of amides is 4. The number of aryl methyl sites for hydroxylation is 3. The van der Waals surface area contributed by atoms with Gasteiger partial charge in [0.2, 0.25) is 11.8 Å². The summed E-state index contributed by atoms with van der Waals surface area (Å²) in [7, 11) is 0. The minimum atomic E-state index is -1.38. The van der Waals surface area contributed by atoms with Crippen molar-refractivity contribution in [1.82, 2.24) is 10.2 Å². The lowest BCUT2D eigenvalue weighted by Crippen LogP contribution is -2.58. The molecule has 0 bridgehead atoms. The number of hydrogen-bond donors (Lipinski definition) is 3. The van der Waals surface area contributed by atoms with Gasteiger partial charge < -0.3 is 26.0 Å². The molecule has 0 heterocycles. The average Bonchev–Trinajstić information content (AvgIpc) is 2.75. The molecule has 0 saturated carbocycles. The number of halogens is 1. The number of nitrogens with two attached hydrogens (primary N) is 1. The summed E-state index contributed by atoms with van der Waals surface area (Å²) in [5.74, 6) is -1.99. The van der Waals surface area contributed by atoms with E-state index in [-0.39, 0.29) is 0 Å². The highest BCUT2D eigenvalue weighted by Gasteiger charge is 2.42. The van der Waals surface area contributed by atoms with Crippen molar-refractivity contribution in [2.75, 3.05) is 5.32 Å². The summed E-state index contributed by atoms with van der Waals surface area (Å²) in [4.78, 5) is 54.4. The lowest BCUT2D eigenvalue weighted by molar-refractivity contribution is -0.147. The molecule has 0 aliphatic carbocycles. The van der Waals surface area contributed by atoms with Crippen LogP contribution in [0.1, 0.15) is 76.3 Å². The zero-order chi connectivity index (χ0) is 30.6. The smallest absolute Gasteiger partial charge is 0.408 e. The Kier molecular flexibility index (Phi) is 10.4. The fourth-order valence-electron chi connectivity index (χ4n) is 4.43. The summed E-state index contributed by atoms with van der Waals surface area (Å²) >= 11 is 6.42. The first-order valence-electron chi connectivity index (χ1n) is 13.1. The van der Waals surface area contributed by atoms with E-state index in [0.29, 0.717) is 16.3 Å². The molecule has 4 N–H and O–H groups in total. The third kappa shape index (κ3) is 8.98. The Morgan fingerprint density at radius 3 is 2.02 bits per heavy atom. The number of carbonyl (C=O) groups excluding carboxylic acids is 4. The van der Waals surface area contributed by atoms with Gasteiger partial charge in [-0.2, -0.15) is 0 Å². The second-order valence-electron chi connectivity index (χ2n) is 12.0. The number of nitrogens with one attached hydrogen (secondary N) is 2. The molecule has 0 aliphatic rings. The standard InChI is InChI=1S/C30H41ClN4O5/c1-17-13-18(2)15-20(14-17)25(26(37)34-24-19(3)11-10-12-21(24)31)35(29(4,5)6)27(38)22(16-23(32)36)33-28(39)40-30(7,8)9/h10-15,22,25H,16H2,1-9H3,(H2,32,36)(H,33,39)(H,34,37). The third-order valence-corrected chi connectivity index (χ3v) is 6.21. The molecule has 4 amide bonds. The molecule has 0 fully saturated rings. The fraction of sp³-hybridized carbons (Fsp3) is 0.467. The number of ether oxygens (including phenoxy) is 1. The first-order chi connectivity index (χ1) is 18.3. The van der Waals surface area contributed by atoms with Crippen LogP contribution in [0.3, 0.4) is 0 Å². The van der Waals surface area contributed by atoms with Gasteiger partial charge in [-0.15, -0.1) is 0 Å². The summed E-state index contributed by atoms with van der Waals surface area (Å²) in [5.41, 5.74) is 7.18. The first-order valence-corrected chi connectivity index (χ1v) is 13.4. The van der Waals surface area contributed by atoms with Crippen molar-refractivity contribution in [3.8, 4) is 0 Å². The van der Waals surface area contributed by atoms with E-state index in [2.05, 4.69) is 10.6 Å². The largest absolute Gasteiger partial charge is 0.444 e. The van der Waals surface area contributed by atoms with Crippen LogP contribution in [0.5, 0.6) is 0 Å². The van der Waals surface area contributed by atoms with E-state index in [4.69, 9.17) is 22.1 Å².